The fourth-order valence-corrected chi connectivity index (χ4v) is 2.14. The van der Waals surface area contributed by atoms with E-state index in [0.29, 0.717) is 16.1 Å². The second-order valence-corrected chi connectivity index (χ2v) is 5.32. The molecule has 1 aromatic heterocycles. The molecule has 0 amide bonds. The first kappa shape index (κ1) is 15.0. The summed E-state index contributed by atoms with van der Waals surface area (Å²) in [6.45, 7) is 3.58. The van der Waals surface area contributed by atoms with Crippen molar-refractivity contribution >= 4 is 21.6 Å². The van der Waals surface area contributed by atoms with Gasteiger partial charge in [-0.3, -0.25) is 0 Å². The van der Waals surface area contributed by atoms with Crippen molar-refractivity contribution in [3.05, 3.63) is 51.9 Å². The average Bonchev–Trinajstić information content (AvgIpc) is 2.77. The van der Waals surface area contributed by atoms with Gasteiger partial charge in [-0.15, -0.1) is 0 Å². The molecule has 6 heteroatoms. The predicted octanol–water partition coefficient (Wildman–Crippen LogP) is 5.54. The SMILES string of the molecule is Cc1ccc(C(F)(F)F)cc1NC(C)c1ccc(Br)o1. The van der Waals surface area contributed by atoms with E-state index in [2.05, 4.69) is 21.2 Å². The fraction of sp³-hybridized carbons (Fsp3) is 0.286. The molecule has 0 spiro atoms. The van der Waals surface area contributed by atoms with Crippen LogP contribution in [0.2, 0.25) is 0 Å². The van der Waals surface area contributed by atoms with Gasteiger partial charge in [-0.1, -0.05) is 6.07 Å². The van der Waals surface area contributed by atoms with Crippen LogP contribution in [0, 0.1) is 6.92 Å². The smallest absolute Gasteiger partial charge is 0.416 e. The minimum absolute atomic E-state index is 0.233. The lowest BCUT2D eigenvalue weighted by molar-refractivity contribution is -0.137. The van der Waals surface area contributed by atoms with Gasteiger partial charge in [0, 0.05) is 5.69 Å². The summed E-state index contributed by atoms with van der Waals surface area (Å²) in [5.74, 6) is 0.647. The molecular weight excluding hydrogens is 335 g/mol. The van der Waals surface area contributed by atoms with E-state index >= 15 is 0 Å². The summed E-state index contributed by atoms with van der Waals surface area (Å²) in [6, 6.07) is 6.93. The van der Waals surface area contributed by atoms with Gasteiger partial charge >= 0.3 is 6.18 Å². The van der Waals surface area contributed by atoms with Crippen LogP contribution in [0.5, 0.6) is 0 Å². The van der Waals surface area contributed by atoms with Gasteiger partial charge in [-0.2, -0.15) is 13.2 Å². The van der Waals surface area contributed by atoms with Crippen LogP contribution in [0.1, 0.15) is 29.9 Å². The lowest BCUT2D eigenvalue weighted by Gasteiger charge is -2.17. The highest BCUT2D eigenvalue weighted by Crippen LogP contribution is 2.33. The second kappa shape index (κ2) is 5.52. The molecule has 108 valence electrons. The summed E-state index contributed by atoms with van der Waals surface area (Å²) in [5.41, 5.74) is 0.522. The van der Waals surface area contributed by atoms with Gasteiger partial charge < -0.3 is 9.73 Å². The van der Waals surface area contributed by atoms with Crippen molar-refractivity contribution in [2.45, 2.75) is 26.1 Å². The van der Waals surface area contributed by atoms with Gasteiger partial charge in [0.2, 0.25) is 0 Å². The number of hydrogen-bond acceptors (Lipinski definition) is 2. The highest BCUT2D eigenvalue weighted by molar-refractivity contribution is 9.10. The van der Waals surface area contributed by atoms with E-state index in [-0.39, 0.29) is 6.04 Å². The number of halogens is 4. The molecule has 2 nitrogen and oxygen atoms in total. The van der Waals surface area contributed by atoms with E-state index in [1.165, 1.54) is 6.07 Å². The zero-order valence-corrected chi connectivity index (χ0v) is 12.5. The predicted molar refractivity (Wildman–Crippen MR) is 74.6 cm³/mol. The van der Waals surface area contributed by atoms with E-state index in [0.717, 1.165) is 17.7 Å². The van der Waals surface area contributed by atoms with Crippen LogP contribution in [0.4, 0.5) is 18.9 Å². The van der Waals surface area contributed by atoms with Crippen molar-refractivity contribution in [1.82, 2.24) is 0 Å². The Morgan fingerprint density at radius 3 is 2.45 bits per heavy atom. The van der Waals surface area contributed by atoms with Gasteiger partial charge in [0.1, 0.15) is 5.76 Å². The van der Waals surface area contributed by atoms with Crippen molar-refractivity contribution in [1.29, 1.82) is 0 Å². The molecule has 2 rings (SSSR count). The Morgan fingerprint density at radius 1 is 1.20 bits per heavy atom. The highest BCUT2D eigenvalue weighted by Gasteiger charge is 2.30. The minimum atomic E-state index is -4.35. The molecule has 0 aliphatic carbocycles. The zero-order chi connectivity index (χ0) is 14.9. The molecule has 0 saturated carbocycles. The average molecular weight is 348 g/mol. The molecule has 1 atom stereocenters. The highest BCUT2D eigenvalue weighted by atomic mass is 79.9. The molecule has 1 heterocycles. The maximum atomic E-state index is 12.7. The van der Waals surface area contributed by atoms with Gasteiger partial charge in [0.05, 0.1) is 11.6 Å². The van der Waals surface area contributed by atoms with E-state index in [9.17, 15) is 13.2 Å². The summed E-state index contributed by atoms with van der Waals surface area (Å²) < 4.78 is 44.1. The summed E-state index contributed by atoms with van der Waals surface area (Å²) in [5, 5.41) is 3.04. The normalized spacial score (nSPS) is 13.3. The number of nitrogens with one attached hydrogen (secondary N) is 1. The summed E-state index contributed by atoms with van der Waals surface area (Å²) in [6.07, 6.45) is -4.35. The monoisotopic (exact) mass is 347 g/mol. The van der Waals surface area contributed by atoms with Crippen LogP contribution in [0.3, 0.4) is 0 Å². The van der Waals surface area contributed by atoms with Crippen LogP contribution in [-0.2, 0) is 6.18 Å². The quantitative estimate of drug-likeness (QED) is 0.788. The Morgan fingerprint density at radius 2 is 1.90 bits per heavy atom. The van der Waals surface area contributed by atoms with Crippen LogP contribution in [0.25, 0.3) is 0 Å². The number of anilines is 1. The van der Waals surface area contributed by atoms with Gasteiger partial charge in [-0.05, 0) is 59.6 Å². The topological polar surface area (TPSA) is 25.2 Å². The summed E-state index contributed by atoms with van der Waals surface area (Å²) >= 11 is 3.19. The van der Waals surface area contributed by atoms with E-state index in [1.807, 2.05) is 6.92 Å². The number of benzene rings is 1. The van der Waals surface area contributed by atoms with Crippen molar-refractivity contribution in [2.24, 2.45) is 0 Å². The number of aryl methyl sites for hydroxylation is 1. The Bertz CT molecular complexity index is 607. The first-order chi connectivity index (χ1) is 9.27. The number of furan rings is 1. The Labute approximate surface area is 123 Å². The van der Waals surface area contributed by atoms with Crippen LogP contribution < -0.4 is 5.32 Å². The first-order valence-corrected chi connectivity index (χ1v) is 6.76. The van der Waals surface area contributed by atoms with Crippen molar-refractivity contribution in [3.8, 4) is 0 Å². The number of hydrogen-bond donors (Lipinski definition) is 1. The number of alkyl halides is 3. The summed E-state index contributed by atoms with van der Waals surface area (Å²) in [7, 11) is 0. The Balaban J connectivity index is 2.24. The van der Waals surface area contributed by atoms with Crippen LogP contribution >= 0.6 is 15.9 Å². The Hall–Kier alpha value is -1.43. The molecule has 0 aliphatic heterocycles. The lowest BCUT2D eigenvalue weighted by Crippen LogP contribution is -2.10. The Kier molecular flexibility index (Phi) is 4.13. The molecule has 1 unspecified atom stereocenters. The molecule has 0 aliphatic rings. The molecule has 0 fully saturated rings. The molecule has 0 radical (unpaired) electrons. The fourth-order valence-electron chi connectivity index (χ4n) is 1.82. The van der Waals surface area contributed by atoms with Gasteiger partial charge in [0.25, 0.3) is 0 Å². The third-order valence-corrected chi connectivity index (χ3v) is 3.38. The van der Waals surface area contributed by atoms with Crippen molar-refractivity contribution in [3.63, 3.8) is 0 Å². The molecule has 0 bridgehead atoms. The standard InChI is InChI=1S/C14H13BrF3NO/c1-8-3-4-10(14(16,17)18)7-11(8)19-9(2)12-5-6-13(15)20-12/h3-7,9,19H,1-2H3. The van der Waals surface area contributed by atoms with Crippen molar-refractivity contribution < 1.29 is 17.6 Å². The second-order valence-electron chi connectivity index (χ2n) is 4.54. The lowest BCUT2D eigenvalue weighted by atomic mass is 10.1. The molecule has 1 N–H and O–H groups in total. The van der Waals surface area contributed by atoms with E-state index < -0.39 is 11.7 Å². The maximum Gasteiger partial charge on any atom is 0.416 e. The minimum Gasteiger partial charge on any atom is -0.452 e. The molecule has 1 aromatic carbocycles. The van der Waals surface area contributed by atoms with E-state index in [1.54, 1.807) is 19.1 Å². The van der Waals surface area contributed by atoms with Crippen LogP contribution in [-0.4, -0.2) is 0 Å². The third kappa shape index (κ3) is 3.36. The molecule has 2 aromatic rings. The molecule has 0 saturated heterocycles. The maximum absolute atomic E-state index is 12.7. The van der Waals surface area contributed by atoms with E-state index in [4.69, 9.17) is 4.42 Å². The first-order valence-electron chi connectivity index (χ1n) is 5.97. The molecular formula is C14H13BrF3NO. The van der Waals surface area contributed by atoms with Crippen molar-refractivity contribution in [2.75, 3.05) is 5.32 Å². The summed E-state index contributed by atoms with van der Waals surface area (Å²) in [4.78, 5) is 0. The largest absolute Gasteiger partial charge is 0.452 e. The number of rotatable bonds is 3. The van der Waals surface area contributed by atoms with Gasteiger partial charge in [0.15, 0.2) is 4.67 Å². The van der Waals surface area contributed by atoms with Gasteiger partial charge in [-0.25, -0.2) is 0 Å². The zero-order valence-electron chi connectivity index (χ0n) is 10.9. The molecule has 20 heavy (non-hydrogen) atoms. The third-order valence-electron chi connectivity index (χ3n) is 2.96. The van der Waals surface area contributed by atoms with Crippen LogP contribution in [0.15, 0.2) is 39.4 Å².